The lowest BCUT2D eigenvalue weighted by Crippen LogP contribution is -2.34. The van der Waals surface area contributed by atoms with Gasteiger partial charge in [0.1, 0.15) is 23.4 Å². The summed E-state index contributed by atoms with van der Waals surface area (Å²) < 4.78 is 23.8. The van der Waals surface area contributed by atoms with E-state index in [-0.39, 0.29) is 17.8 Å². The van der Waals surface area contributed by atoms with Gasteiger partial charge < -0.3 is 20.1 Å². The van der Waals surface area contributed by atoms with E-state index in [1.807, 2.05) is 0 Å². The summed E-state index contributed by atoms with van der Waals surface area (Å²) in [6, 6.07) is 10.8. The van der Waals surface area contributed by atoms with Crippen LogP contribution in [0.5, 0.6) is 11.5 Å². The minimum Gasteiger partial charge on any atom is -0.497 e. The fourth-order valence-corrected chi connectivity index (χ4v) is 2.53. The monoisotopic (exact) mass is 344 g/mol. The highest BCUT2D eigenvalue weighted by atomic mass is 19.1. The van der Waals surface area contributed by atoms with Gasteiger partial charge in [0.25, 0.3) is 0 Å². The van der Waals surface area contributed by atoms with Crippen LogP contribution >= 0.6 is 0 Å². The molecule has 0 heterocycles. The van der Waals surface area contributed by atoms with E-state index < -0.39 is 6.04 Å². The number of ether oxygens (including phenoxy) is 2. The molecule has 0 unspecified atom stereocenters. The molecule has 3 rings (SSSR count). The number of carbonyl (C=O) groups excluding carboxylic acids is 1. The summed E-state index contributed by atoms with van der Waals surface area (Å²) in [4.78, 5) is 12.7. The van der Waals surface area contributed by atoms with Crippen LogP contribution in [0, 0.1) is 5.82 Å². The molecule has 0 saturated heterocycles. The first-order chi connectivity index (χ1) is 12.1. The molecule has 0 aromatic heterocycles. The van der Waals surface area contributed by atoms with Gasteiger partial charge in [-0.25, -0.2) is 4.39 Å². The molecule has 25 heavy (non-hydrogen) atoms. The molecule has 0 radical (unpaired) electrons. The quantitative estimate of drug-likeness (QED) is 0.809. The lowest BCUT2D eigenvalue weighted by atomic mass is 10.1. The molecule has 1 saturated carbocycles. The van der Waals surface area contributed by atoms with Gasteiger partial charge in [0.05, 0.1) is 14.2 Å². The first-order valence-corrected chi connectivity index (χ1v) is 8.14. The summed E-state index contributed by atoms with van der Waals surface area (Å²) >= 11 is 0. The van der Waals surface area contributed by atoms with E-state index in [0.717, 1.165) is 12.8 Å². The Morgan fingerprint density at radius 1 is 1.08 bits per heavy atom. The van der Waals surface area contributed by atoms with Crippen molar-refractivity contribution in [1.29, 1.82) is 0 Å². The van der Waals surface area contributed by atoms with Crippen molar-refractivity contribution in [1.82, 2.24) is 5.32 Å². The third kappa shape index (κ3) is 4.41. The molecule has 132 valence electrons. The third-order valence-electron chi connectivity index (χ3n) is 4.05. The Hall–Kier alpha value is -2.76. The topological polar surface area (TPSA) is 59.6 Å². The molecule has 1 amide bonds. The zero-order valence-electron chi connectivity index (χ0n) is 14.2. The van der Waals surface area contributed by atoms with Crippen molar-refractivity contribution in [2.24, 2.45) is 0 Å². The molecule has 1 fully saturated rings. The van der Waals surface area contributed by atoms with Crippen molar-refractivity contribution in [3.05, 3.63) is 53.8 Å². The number of methoxy groups -OCH3 is 2. The number of benzene rings is 2. The van der Waals surface area contributed by atoms with Gasteiger partial charge in [0, 0.05) is 29.9 Å². The highest BCUT2D eigenvalue weighted by Crippen LogP contribution is 2.29. The van der Waals surface area contributed by atoms with Crippen LogP contribution in [0.3, 0.4) is 0 Å². The van der Waals surface area contributed by atoms with Gasteiger partial charge in [0.2, 0.25) is 5.91 Å². The molecule has 1 aliphatic carbocycles. The van der Waals surface area contributed by atoms with E-state index in [0.29, 0.717) is 22.7 Å². The molecule has 1 atom stereocenters. The van der Waals surface area contributed by atoms with Crippen LogP contribution in [-0.2, 0) is 4.79 Å². The average Bonchev–Trinajstić information content (AvgIpc) is 3.44. The highest BCUT2D eigenvalue weighted by molar-refractivity contribution is 5.86. The minimum atomic E-state index is -0.641. The van der Waals surface area contributed by atoms with Crippen molar-refractivity contribution < 1.29 is 18.7 Å². The molecule has 0 aliphatic heterocycles. The molecule has 2 aromatic rings. The summed E-state index contributed by atoms with van der Waals surface area (Å²) in [5.74, 6) is 0.744. The summed E-state index contributed by atoms with van der Waals surface area (Å²) in [5, 5.41) is 6.19. The summed E-state index contributed by atoms with van der Waals surface area (Å²) in [6.07, 6.45) is 1.99. The molecule has 6 heteroatoms. The van der Waals surface area contributed by atoms with Crippen LogP contribution in [0.25, 0.3) is 0 Å². The number of hydrogen-bond donors (Lipinski definition) is 2. The Labute approximate surface area is 146 Å². The molecule has 1 aliphatic rings. The lowest BCUT2D eigenvalue weighted by Gasteiger charge is -2.21. The van der Waals surface area contributed by atoms with Crippen LogP contribution in [0.1, 0.15) is 24.4 Å². The van der Waals surface area contributed by atoms with Crippen LogP contribution in [0.15, 0.2) is 42.5 Å². The number of rotatable bonds is 7. The van der Waals surface area contributed by atoms with Crippen molar-refractivity contribution in [3.8, 4) is 11.5 Å². The summed E-state index contributed by atoms with van der Waals surface area (Å²) in [7, 11) is 3.13. The highest BCUT2D eigenvalue weighted by Gasteiger charge is 2.28. The smallest absolute Gasteiger partial charge is 0.247 e. The van der Waals surface area contributed by atoms with Gasteiger partial charge in [-0.1, -0.05) is 12.1 Å². The van der Waals surface area contributed by atoms with E-state index >= 15 is 0 Å². The maximum atomic E-state index is 13.2. The Kier molecular flexibility index (Phi) is 5.07. The number of nitrogens with one attached hydrogen (secondary N) is 2. The summed E-state index contributed by atoms with van der Waals surface area (Å²) in [5.41, 5.74) is 1.36. The number of halogens is 1. The van der Waals surface area contributed by atoms with Crippen LogP contribution in [-0.4, -0.2) is 26.2 Å². The number of anilines is 1. The Morgan fingerprint density at radius 2 is 1.68 bits per heavy atom. The Morgan fingerprint density at radius 3 is 2.20 bits per heavy atom. The molecular weight excluding hydrogens is 323 g/mol. The number of hydrogen-bond acceptors (Lipinski definition) is 4. The molecule has 2 aromatic carbocycles. The van der Waals surface area contributed by atoms with Crippen molar-refractivity contribution >= 4 is 11.6 Å². The van der Waals surface area contributed by atoms with Crippen molar-refractivity contribution in [2.75, 3.05) is 19.5 Å². The lowest BCUT2D eigenvalue weighted by molar-refractivity contribution is -0.122. The van der Waals surface area contributed by atoms with Crippen molar-refractivity contribution in [3.63, 3.8) is 0 Å². The van der Waals surface area contributed by atoms with Crippen LogP contribution in [0.4, 0.5) is 10.1 Å². The zero-order valence-corrected chi connectivity index (χ0v) is 14.2. The minimum absolute atomic E-state index is 0.143. The van der Waals surface area contributed by atoms with E-state index in [1.54, 1.807) is 44.6 Å². The molecule has 2 N–H and O–H groups in total. The Balaban J connectivity index is 1.88. The van der Waals surface area contributed by atoms with Gasteiger partial charge in [0.15, 0.2) is 0 Å². The second-order valence-corrected chi connectivity index (χ2v) is 6.01. The van der Waals surface area contributed by atoms with Crippen LogP contribution < -0.4 is 20.1 Å². The first kappa shape index (κ1) is 17.1. The fraction of sp³-hybridized carbons (Fsp3) is 0.316. The normalized spacial score (nSPS) is 14.5. The zero-order chi connectivity index (χ0) is 17.8. The maximum absolute atomic E-state index is 13.2. The standard InChI is InChI=1S/C19H21FN2O3/c1-24-16-9-15(10-17(11-16)25-2)21-18(19(23)22-14-7-8-14)12-3-5-13(20)6-4-12/h3-6,9-11,14,18,21H,7-8H2,1-2H3,(H,22,23)/t18-/m1/s1. The predicted octanol–water partition coefficient (Wildman–Crippen LogP) is 3.27. The average molecular weight is 344 g/mol. The van der Waals surface area contributed by atoms with E-state index in [4.69, 9.17) is 9.47 Å². The predicted molar refractivity (Wildman–Crippen MR) is 93.5 cm³/mol. The number of carbonyl (C=O) groups is 1. The SMILES string of the molecule is COc1cc(N[C@@H](C(=O)NC2CC2)c2ccc(F)cc2)cc(OC)c1. The molecule has 0 spiro atoms. The van der Waals surface area contributed by atoms with E-state index in [9.17, 15) is 9.18 Å². The van der Waals surface area contributed by atoms with E-state index in [2.05, 4.69) is 10.6 Å². The van der Waals surface area contributed by atoms with Gasteiger partial charge >= 0.3 is 0 Å². The third-order valence-corrected chi connectivity index (χ3v) is 4.05. The van der Waals surface area contributed by atoms with Gasteiger partial charge in [-0.3, -0.25) is 4.79 Å². The summed E-state index contributed by atoms with van der Waals surface area (Å²) in [6.45, 7) is 0. The van der Waals surface area contributed by atoms with Gasteiger partial charge in [-0.15, -0.1) is 0 Å². The Bertz CT molecular complexity index is 723. The van der Waals surface area contributed by atoms with E-state index in [1.165, 1.54) is 12.1 Å². The number of amides is 1. The molecule has 5 nitrogen and oxygen atoms in total. The molecule has 0 bridgehead atoms. The fourth-order valence-electron chi connectivity index (χ4n) is 2.53. The molecular formula is C19H21FN2O3. The van der Waals surface area contributed by atoms with Gasteiger partial charge in [-0.05, 0) is 30.5 Å². The van der Waals surface area contributed by atoms with Crippen LogP contribution in [0.2, 0.25) is 0 Å². The first-order valence-electron chi connectivity index (χ1n) is 8.14. The van der Waals surface area contributed by atoms with Gasteiger partial charge in [-0.2, -0.15) is 0 Å². The second kappa shape index (κ2) is 7.42. The van der Waals surface area contributed by atoms with Crippen molar-refractivity contribution in [2.45, 2.75) is 24.9 Å². The second-order valence-electron chi connectivity index (χ2n) is 6.01. The maximum Gasteiger partial charge on any atom is 0.247 e. The largest absolute Gasteiger partial charge is 0.497 e.